The summed E-state index contributed by atoms with van der Waals surface area (Å²) >= 11 is 3.41. The van der Waals surface area contributed by atoms with E-state index in [9.17, 15) is 4.79 Å². The molecule has 10 heteroatoms. The summed E-state index contributed by atoms with van der Waals surface area (Å²) in [5.74, 6) is -0.823. The van der Waals surface area contributed by atoms with Gasteiger partial charge in [0.15, 0.2) is 0 Å². The second-order valence-electron chi connectivity index (χ2n) is 11.5. The van der Waals surface area contributed by atoms with E-state index in [2.05, 4.69) is 34.8 Å². The van der Waals surface area contributed by atoms with Crippen LogP contribution < -0.4 is 4.74 Å². The molecule has 0 saturated carbocycles. The molecule has 1 atom stereocenters. The van der Waals surface area contributed by atoms with Crippen molar-refractivity contribution in [2.45, 2.75) is 32.9 Å². The number of halogens is 3. The zero-order valence-electron chi connectivity index (χ0n) is 24.4. The number of hydrogen-bond donors (Lipinski definition) is 0. The lowest BCUT2D eigenvalue weighted by molar-refractivity contribution is 0.0601. The summed E-state index contributed by atoms with van der Waals surface area (Å²) in [7, 11) is 1.33. The van der Waals surface area contributed by atoms with Crippen LogP contribution in [-0.2, 0) is 22.5 Å². The molecule has 0 N–H and O–H groups in total. The van der Waals surface area contributed by atoms with Gasteiger partial charge in [-0.25, -0.2) is 23.5 Å². The van der Waals surface area contributed by atoms with Gasteiger partial charge in [-0.2, -0.15) is 0 Å². The number of carbonyl (C=O) groups excluding carboxylic acids is 1. The molecule has 0 aliphatic carbocycles. The van der Waals surface area contributed by atoms with E-state index in [1.165, 1.54) is 13.2 Å². The van der Waals surface area contributed by atoms with Gasteiger partial charge >= 0.3 is 5.97 Å². The number of esters is 1. The monoisotopic (exact) mass is 661 g/mol. The van der Waals surface area contributed by atoms with Crippen LogP contribution in [0.4, 0.5) is 8.78 Å². The van der Waals surface area contributed by atoms with Crippen LogP contribution in [0.25, 0.3) is 22.3 Å². The van der Waals surface area contributed by atoms with Crippen molar-refractivity contribution in [1.29, 1.82) is 0 Å². The number of carbonyl (C=O) groups is 1. The highest BCUT2D eigenvalue weighted by atomic mass is 79.9. The molecular weight excluding hydrogens is 632 g/mol. The Kier molecular flexibility index (Phi) is 8.22. The van der Waals surface area contributed by atoms with Gasteiger partial charge in [-0.05, 0) is 59.7 Å². The first-order valence-electron chi connectivity index (χ1n) is 14.1. The van der Waals surface area contributed by atoms with Crippen molar-refractivity contribution >= 4 is 32.9 Å². The van der Waals surface area contributed by atoms with E-state index in [1.54, 1.807) is 36.4 Å². The fourth-order valence-corrected chi connectivity index (χ4v) is 5.78. The minimum atomic E-state index is -0.612. The van der Waals surface area contributed by atoms with Crippen molar-refractivity contribution < 1.29 is 27.8 Å². The van der Waals surface area contributed by atoms with Gasteiger partial charge < -0.3 is 18.8 Å². The Bertz CT molecular complexity index is 1860. The average Bonchev–Trinajstić information content (AvgIpc) is 3.55. The third kappa shape index (κ3) is 5.96. The molecule has 6 rings (SSSR count). The predicted molar refractivity (Wildman–Crippen MR) is 166 cm³/mol. The summed E-state index contributed by atoms with van der Waals surface area (Å²) in [4.78, 5) is 21.5. The number of imidazole rings is 1. The summed E-state index contributed by atoms with van der Waals surface area (Å²) in [5, 5.41) is 0. The van der Waals surface area contributed by atoms with Crippen molar-refractivity contribution in [3.63, 3.8) is 0 Å². The minimum absolute atomic E-state index is 0.0294. The van der Waals surface area contributed by atoms with Crippen molar-refractivity contribution in [2.75, 3.05) is 20.3 Å². The van der Waals surface area contributed by atoms with Crippen LogP contribution in [0.3, 0.4) is 0 Å². The van der Waals surface area contributed by atoms with E-state index in [-0.39, 0.29) is 41.3 Å². The minimum Gasteiger partial charge on any atom is -0.473 e. The maximum Gasteiger partial charge on any atom is 0.337 e. The molecule has 5 aromatic rings. The van der Waals surface area contributed by atoms with Gasteiger partial charge in [-0.15, -0.1) is 0 Å². The van der Waals surface area contributed by atoms with E-state index in [0.29, 0.717) is 41.5 Å². The lowest BCUT2D eigenvalue weighted by Crippen LogP contribution is -2.27. The van der Waals surface area contributed by atoms with Crippen LogP contribution >= 0.6 is 15.9 Å². The van der Waals surface area contributed by atoms with Gasteiger partial charge in [0, 0.05) is 27.9 Å². The molecule has 0 radical (unpaired) electrons. The first-order valence-corrected chi connectivity index (χ1v) is 14.9. The molecule has 7 nitrogen and oxygen atoms in total. The molecule has 1 saturated heterocycles. The van der Waals surface area contributed by atoms with Gasteiger partial charge in [-0.1, -0.05) is 48.0 Å². The lowest BCUT2D eigenvalue weighted by atomic mass is 9.87. The number of nitrogens with zero attached hydrogens (tertiary/aromatic N) is 3. The Morgan fingerprint density at radius 3 is 2.57 bits per heavy atom. The number of pyridine rings is 1. The SMILES string of the molecule is COC(=O)c1ccc2nc(Cc3cc(F)c(-c4cccc(OCc5ccc(Br)cc5)n4)cc3F)n([C@@H]3COCC3(C)C)c2c1. The van der Waals surface area contributed by atoms with E-state index >= 15 is 8.78 Å². The van der Waals surface area contributed by atoms with E-state index in [0.717, 1.165) is 16.1 Å². The largest absolute Gasteiger partial charge is 0.473 e. The number of hydrogen-bond acceptors (Lipinski definition) is 6. The van der Waals surface area contributed by atoms with Crippen LogP contribution in [-0.4, -0.2) is 40.8 Å². The van der Waals surface area contributed by atoms with Gasteiger partial charge in [0.1, 0.15) is 24.1 Å². The van der Waals surface area contributed by atoms with E-state index < -0.39 is 17.6 Å². The molecule has 1 fully saturated rings. The van der Waals surface area contributed by atoms with Crippen LogP contribution in [0.2, 0.25) is 0 Å². The molecule has 1 aliphatic heterocycles. The topological polar surface area (TPSA) is 75.5 Å². The van der Waals surface area contributed by atoms with Gasteiger partial charge in [0.05, 0.1) is 48.7 Å². The van der Waals surface area contributed by atoms with Crippen LogP contribution in [0.1, 0.15) is 47.2 Å². The zero-order chi connectivity index (χ0) is 31.0. The van der Waals surface area contributed by atoms with Gasteiger partial charge in [-0.3, -0.25) is 0 Å². The number of ether oxygens (including phenoxy) is 3. The second kappa shape index (κ2) is 12.1. The first kappa shape index (κ1) is 29.9. The average molecular weight is 663 g/mol. The molecule has 0 unspecified atom stereocenters. The van der Waals surface area contributed by atoms with Crippen LogP contribution in [0, 0.1) is 17.0 Å². The van der Waals surface area contributed by atoms with Gasteiger partial charge in [0.25, 0.3) is 0 Å². The maximum absolute atomic E-state index is 15.7. The summed E-state index contributed by atoms with van der Waals surface area (Å²) in [6.45, 7) is 5.41. The highest BCUT2D eigenvalue weighted by Gasteiger charge is 2.39. The smallest absolute Gasteiger partial charge is 0.337 e. The lowest BCUT2D eigenvalue weighted by Gasteiger charge is -2.28. The summed E-state index contributed by atoms with van der Waals surface area (Å²) in [6.07, 6.45) is 0.0294. The maximum atomic E-state index is 15.7. The first-order chi connectivity index (χ1) is 21.1. The van der Waals surface area contributed by atoms with E-state index in [1.807, 2.05) is 28.8 Å². The highest BCUT2D eigenvalue weighted by molar-refractivity contribution is 9.10. The Labute approximate surface area is 261 Å². The Morgan fingerprint density at radius 2 is 1.84 bits per heavy atom. The number of rotatable bonds is 8. The molecule has 3 heterocycles. The Balaban J connectivity index is 1.32. The molecular formula is C34H30BrF2N3O4. The normalized spacial score (nSPS) is 15.9. The quantitative estimate of drug-likeness (QED) is 0.159. The van der Waals surface area contributed by atoms with Crippen LogP contribution in [0.15, 0.2) is 77.3 Å². The molecule has 1 aliphatic rings. The molecule has 0 amide bonds. The Morgan fingerprint density at radius 1 is 1.05 bits per heavy atom. The van der Waals surface area contributed by atoms with Crippen molar-refractivity contribution in [3.8, 4) is 17.1 Å². The highest BCUT2D eigenvalue weighted by Crippen LogP contribution is 2.40. The van der Waals surface area contributed by atoms with Crippen molar-refractivity contribution in [1.82, 2.24) is 14.5 Å². The standard InChI is InChI=1S/C34H30BrF2N3O4/c1-34(2)19-43-18-30(34)40-29-14-21(33(41)42-3)9-12-28(29)38-31(40)15-22-13-26(37)24(16-25(22)36)27-5-4-6-32(39-27)44-17-20-7-10-23(35)11-8-20/h4-14,16,30H,15,17-19H2,1-3H3/t30-/m1/s1. The molecule has 44 heavy (non-hydrogen) atoms. The summed E-state index contributed by atoms with van der Waals surface area (Å²) < 4.78 is 50.8. The number of methoxy groups -OCH3 is 1. The number of fused-ring (bicyclic) bond motifs is 1. The fraction of sp³-hybridized carbons (Fsp3) is 0.265. The van der Waals surface area contributed by atoms with Crippen LogP contribution in [0.5, 0.6) is 5.88 Å². The summed E-state index contributed by atoms with van der Waals surface area (Å²) in [5.41, 5.74) is 2.84. The predicted octanol–water partition coefficient (Wildman–Crippen LogP) is 7.69. The second-order valence-corrected chi connectivity index (χ2v) is 12.4. The third-order valence-corrected chi connectivity index (χ3v) is 8.46. The third-order valence-electron chi connectivity index (χ3n) is 7.93. The van der Waals surface area contributed by atoms with Gasteiger partial charge in [0.2, 0.25) is 5.88 Å². The summed E-state index contributed by atoms with van der Waals surface area (Å²) in [6, 6.07) is 20.0. The van der Waals surface area contributed by atoms with E-state index in [4.69, 9.17) is 19.2 Å². The number of aromatic nitrogens is 3. The van der Waals surface area contributed by atoms with Crippen molar-refractivity contribution in [3.05, 3.63) is 111 Å². The molecule has 3 aromatic carbocycles. The molecule has 2 aromatic heterocycles. The Hall–Kier alpha value is -4.15. The molecule has 0 bridgehead atoms. The molecule has 0 spiro atoms. The number of benzene rings is 3. The molecule has 226 valence electrons. The fourth-order valence-electron chi connectivity index (χ4n) is 5.51. The zero-order valence-corrected chi connectivity index (χ0v) is 26.0. The van der Waals surface area contributed by atoms with Crippen molar-refractivity contribution in [2.24, 2.45) is 5.41 Å².